The van der Waals surface area contributed by atoms with E-state index in [1.165, 1.54) is 12.1 Å². The van der Waals surface area contributed by atoms with E-state index in [4.69, 9.17) is 11.6 Å². The van der Waals surface area contributed by atoms with Crippen LogP contribution in [0.2, 0.25) is 0 Å². The zero-order chi connectivity index (χ0) is 12.5. The molecular weight excluding hydrogens is 253 g/mol. The molecule has 1 aliphatic rings. The number of aromatic nitrogens is 2. The Labute approximate surface area is 110 Å². The minimum atomic E-state index is -0.251. The molecule has 3 rings (SSSR count). The first-order valence-corrected chi connectivity index (χ1v) is 6.67. The van der Waals surface area contributed by atoms with E-state index >= 15 is 0 Å². The molecule has 18 heavy (non-hydrogen) atoms. The van der Waals surface area contributed by atoms with Crippen LogP contribution in [0.25, 0.3) is 11.0 Å². The molecule has 2 N–H and O–H groups in total. The number of halogens is 2. The molecule has 0 amide bonds. The van der Waals surface area contributed by atoms with Crippen molar-refractivity contribution in [1.82, 2.24) is 9.97 Å². The van der Waals surface area contributed by atoms with Gasteiger partial charge in [-0.1, -0.05) is 0 Å². The van der Waals surface area contributed by atoms with Gasteiger partial charge < -0.3 is 10.3 Å². The number of hydrogen-bond acceptors (Lipinski definition) is 2. The summed E-state index contributed by atoms with van der Waals surface area (Å²) in [6.45, 7) is 0.867. The van der Waals surface area contributed by atoms with Gasteiger partial charge in [0.25, 0.3) is 0 Å². The van der Waals surface area contributed by atoms with Gasteiger partial charge in [0.1, 0.15) is 5.82 Å². The third kappa shape index (κ3) is 2.43. The number of rotatable bonds is 3. The van der Waals surface area contributed by atoms with Gasteiger partial charge in [0.15, 0.2) is 0 Å². The van der Waals surface area contributed by atoms with Crippen LogP contribution >= 0.6 is 11.6 Å². The van der Waals surface area contributed by atoms with Crippen LogP contribution in [-0.4, -0.2) is 21.9 Å². The third-order valence-electron chi connectivity index (χ3n) is 3.48. The minimum Gasteiger partial charge on any atom is -0.356 e. The van der Waals surface area contributed by atoms with Gasteiger partial charge >= 0.3 is 0 Å². The smallest absolute Gasteiger partial charge is 0.201 e. The fourth-order valence-corrected chi connectivity index (χ4v) is 2.88. The third-order valence-corrected chi connectivity index (χ3v) is 3.88. The van der Waals surface area contributed by atoms with Crippen LogP contribution in [0.3, 0.4) is 0 Å². The summed E-state index contributed by atoms with van der Waals surface area (Å²) in [4.78, 5) is 7.44. The maximum absolute atomic E-state index is 13.0. The number of fused-ring (bicyclic) bond motifs is 1. The van der Waals surface area contributed by atoms with Gasteiger partial charge in [-0.25, -0.2) is 9.37 Å². The maximum Gasteiger partial charge on any atom is 0.201 e. The SMILES string of the molecule is Fc1ccc2nc(NCC3CCC(Cl)C3)[nH]c2c1. The Kier molecular flexibility index (Phi) is 3.12. The molecule has 0 aliphatic heterocycles. The Balaban J connectivity index is 1.67. The fraction of sp³-hybridized carbons (Fsp3) is 0.462. The molecule has 96 valence electrons. The number of imidazole rings is 1. The first kappa shape index (κ1) is 11.8. The predicted octanol–water partition coefficient (Wildman–Crippen LogP) is 3.52. The van der Waals surface area contributed by atoms with Gasteiger partial charge in [-0.05, 0) is 43.4 Å². The second-order valence-corrected chi connectivity index (χ2v) is 5.52. The van der Waals surface area contributed by atoms with E-state index in [-0.39, 0.29) is 5.82 Å². The van der Waals surface area contributed by atoms with Crippen LogP contribution in [0.1, 0.15) is 19.3 Å². The van der Waals surface area contributed by atoms with Gasteiger partial charge in [-0.3, -0.25) is 0 Å². The Morgan fingerprint density at radius 3 is 3.11 bits per heavy atom. The Hall–Kier alpha value is -1.29. The van der Waals surface area contributed by atoms with Crippen molar-refractivity contribution in [1.29, 1.82) is 0 Å². The summed E-state index contributed by atoms with van der Waals surface area (Å²) in [5.41, 5.74) is 1.50. The highest BCUT2D eigenvalue weighted by molar-refractivity contribution is 6.20. The Bertz CT molecular complexity index is 554. The highest BCUT2D eigenvalue weighted by Crippen LogP contribution is 2.29. The summed E-state index contributed by atoms with van der Waals surface area (Å²) in [6, 6.07) is 4.55. The lowest BCUT2D eigenvalue weighted by Crippen LogP contribution is -2.12. The highest BCUT2D eigenvalue weighted by Gasteiger charge is 2.22. The van der Waals surface area contributed by atoms with Gasteiger partial charge in [0.05, 0.1) is 11.0 Å². The molecule has 0 spiro atoms. The van der Waals surface area contributed by atoms with E-state index in [9.17, 15) is 4.39 Å². The predicted molar refractivity (Wildman–Crippen MR) is 71.5 cm³/mol. The lowest BCUT2D eigenvalue weighted by atomic mass is 10.1. The van der Waals surface area contributed by atoms with Crippen molar-refractivity contribution in [2.24, 2.45) is 5.92 Å². The van der Waals surface area contributed by atoms with E-state index in [1.807, 2.05) is 0 Å². The largest absolute Gasteiger partial charge is 0.356 e. The van der Waals surface area contributed by atoms with Crippen molar-refractivity contribution < 1.29 is 4.39 Å². The molecule has 2 atom stereocenters. The molecule has 2 aromatic rings. The maximum atomic E-state index is 13.0. The molecule has 3 nitrogen and oxygen atoms in total. The Morgan fingerprint density at radius 1 is 1.44 bits per heavy atom. The monoisotopic (exact) mass is 267 g/mol. The quantitative estimate of drug-likeness (QED) is 0.836. The zero-order valence-corrected chi connectivity index (χ0v) is 10.7. The lowest BCUT2D eigenvalue weighted by molar-refractivity contribution is 0.579. The van der Waals surface area contributed by atoms with Gasteiger partial charge in [-0.15, -0.1) is 11.6 Å². The first-order chi connectivity index (χ1) is 8.70. The molecule has 0 bridgehead atoms. The molecule has 1 aromatic heterocycles. The average Bonchev–Trinajstić information content (AvgIpc) is 2.92. The van der Waals surface area contributed by atoms with Crippen LogP contribution in [0.5, 0.6) is 0 Å². The summed E-state index contributed by atoms with van der Waals surface area (Å²) < 4.78 is 13.0. The van der Waals surface area contributed by atoms with Gasteiger partial charge in [0, 0.05) is 11.9 Å². The van der Waals surface area contributed by atoms with Gasteiger partial charge in [-0.2, -0.15) is 0 Å². The molecule has 5 heteroatoms. The molecule has 1 aliphatic carbocycles. The summed E-state index contributed by atoms with van der Waals surface area (Å²) in [7, 11) is 0. The first-order valence-electron chi connectivity index (χ1n) is 6.24. The number of aromatic amines is 1. The van der Waals surface area contributed by atoms with Crippen molar-refractivity contribution in [2.45, 2.75) is 24.6 Å². The van der Waals surface area contributed by atoms with Crippen molar-refractivity contribution in [3.05, 3.63) is 24.0 Å². The summed E-state index contributed by atoms with van der Waals surface area (Å²) in [6.07, 6.45) is 3.32. The van der Waals surface area contributed by atoms with Crippen molar-refractivity contribution >= 4 is 28.6 Å². The second-order valence-electron chi connectivity index (χ2n) is 4.90. The molecule has 1 aromatic carbocycles. The van der Waals surface area contributed by atoms with Crippen LogP contribution in [0.4, 0.5) is 10.3 Å². The van der Waals surface area contributed by atoms with Crippen LogP contribution in [0.15, 0.2) is 18.2 Å². The van der Waals surface area contributed by atoms with E-state index in [1.54, 1.807) is 6.07 Å². The number of benzene rings is 1. The molecule has 1 saturated carbocycles. The number of anilines is 1. The van der Waals surface area contributed by atoms with Crippen LogP contribution < -0.4 is 5.32 Å². The van der Waals surface area contributed by atoms with E-state index in [0.29, 0.717) is 17.2 Å². The molecular formula is C13H15ClFN3. The molecule has 1 heterocycles. The minimum absolute atomic E-state index is 0.251. The standard InChI is InChI=1S/C13H15ClFN3/c14-9-2-1-8(5-9)7-16-13-17-11-4-3-10(15)6-12(11)18-13/h3-4,6,8-9H,1-2,5,7H2,(H2,16,17,18). The van der Waals surface area contributed by atoms with Crippen molar-refractivity contribution in [2.75, 3.05) is 11.9 Å². The number of hydrogen-bond donors (Lipinski definition) is 2. The number of nitrogens with zero attached hydrogens (tertiary/aromatic N) is 1. The number of nitrogens with one attached hydrogen (secondary N) is 2. The van der Waals surface area contributed by atoms with E-state index in [0.717, 1.165) is 36.8 Å². The summed E-state index contributed by atoms with van der Waals surface area (Å²) in [5, 5.41) is 3.59. The molecule has 0 saturated heterocycles. The number of alkyl halides is 1. The Morgan fingerprint density at radius 2 is 2.33 bits per heavy atom. The zero-order valence-electron chi connectivity index (χ0n) is 9.92. The van der Waals surface area contributed by atoms with E-state index in [2.05, 4.69) is 15.3 Å². The van der Waals surface area contributed by atoms with Crippen molar-refractivity contribution in [3.63, 3.8) is 0 Å². The number of H-pyrrole nitrogens is 1. The van der Waals surface area contributed by atoms with E-state index < -0.39 is 0 Å². The molecule has 0 radical (unpaired) electrons. The highest BCUT2D eigenvalue weighted by atomic mass is 35.5. The topological polar surface area (TPSA) is 40.7 Å². The average molecular weight is 268 g/mol. The van der Waals surface area contributed by atoms with Gasteiger partial charge in [0.2, 0.25) is 5.95 Å². The molecule has 2 unspecified atom stereocenters. The summed E-state index contributed by atoms with van der Waals surface area (Å²) >= 11 is 6.08. The summed E-state index contributed by atoms with van der Waals surface area (Å²) in [5.74, 6) is 1.06. The normalized spacial score (nSPS) is 23.7. The second kappa shape index (κ2) is 4.76. The van der Waals surface area contributed by atoms with Crippen LogP contribution in [0, 0.1) is 11.7 Å². The van der Waals surface area contributed by atoms with Crippen molar-refractivity contribution in [3.8, 4) is 0 Å². The molecule has 1 fully saturated rings. The lowest BCUT2D eigenvalue weighted by Gasteiger charge is -2.09. The fourth-order valence-electron chi connectivity index (χ4n) is 2.51. The van der Waals surface area contributed by atoms with Crippen LogP contribution in [-0.2, 0) is 0 Å².